The van der Waals surface area contributed by atoms with Gasteiger partial charge in [-0.25, -0.2) is 0 Å². The zero-order valence-corrected chi connectivity index (χ0v) is 10.9. The molecule has 0 unspecified atom stereocenters. The van der Waals surface area contributed by atoms with Gasteiger partial charge in [-0.1, -0.05) is 30.3 Å². The number of benzene rings is 1. The van der Waals surface area contributed by atoms with Crippen LogP contribution < -0.4 is 0 Å². The van der Waals surface area contributed by atoms with Gasteiger partial charge >= 0.3 is 10.0 Å². The quantitative estimate of drug-likeness (QED) is 0.558. The van der Waals surface area contributed by atoms with Crippen LogP contribution in [0.4, 0.5) is 0 Å². The maximum absolute atomic E-state index is 4.61. The van der Waals surface area contributed by atoms with Gasteiger partial charge in [-0.3, -0.25) is 4.90 Å². The Bertz CT molecular complexity index is 250. The van der Waals surface area contributed by atoms with Crippen LogP contribution in [0, 0.1) is 0 Å². The van der Waals surface area contributed by atoms with Crippen molar-refractivity contribution in [3.8, 4) is 0 Å². The molecule has 0 spiro atoms. The minimum Gasteiger partial charge on any atom is -0.402 e. The number of nitrogens with zero attached hydrogens (tertiary/aromatic N) is 1. The van der Waals surface area contributed by atoms with Crippen LogP contribution in [0.1, 0.15) is 5.56 Å². The van der Waals surface area contributed by atoms with E-state index in [0.717, 1.165) is 6.54 Å². The van der Waals surface area contributed by atoms with Gasteiger partial charge in [-0.15, -0.1) is 0 Å². The summed E-state index contributed by atoms with van der Waals surface area (Å²) in [6.07, 6.45) is 0. The van der Waals surface area contributed by atoms with E-state index in [1.54, 1.807) is 14.2 Å². The topological polar surface area (TPSA) is 21.5 Å². The molecule has 0 N–H and O–H groups in total. The normalized spacial score (nSPS) is 14.3. The Morgan fingerprint density at radius 2 is 1.73 bits per heavy atom. The molecule has 1 aliphatic rings. The molecule has 1 aliphatic heterocycles. The molecular weight excluding hydrogens is 206 g/mol. The summed E-state index contributed by atoms with van der Waals surface area (Å²) < 4.78 is 9.22. The van der Waals surface area contributed by atoms with Crippen molar-refractivity contribution in [2.24, 2.45) is 0 Å². The minimum atomic E-state index is -0.568. The largest absolute Gasteiger partial charge is 0.402 e. The summed E-state index contributed by atoms with van der Waals surface area (Å²) in [6, 6.07) is 10.6. The van der Waals surface area contributed by atoms with Gasteiger partial charge in [0.25, 0.3) is 0 Å². The molecule has 0 atom stereocenters. The Morgan fingerprint density at radius 3 is 2.13 bits per heavy atom. The zero-order valence-electron chi connectivity index (χ0n) is 9.48. The Kier molecular flexibility index (Phi) is 6.27. The lowest BCUT2D eigenvalue weighted by Crippen LogP contribution is -1.95. The molecule has 1 fully saturated rings. The molecule has 15 heavy (non-hydrogen) atoms. The van der Waals surface area contributed by atoms with E-state index in [1.807, 2.05) is 0 Å². The Labute approximate surface area is 94.1 Å². The Morgan fingerprint density at radius 1 is 1.13 bits per heavy atom. The van der Waals surface area contributed by atoms with Crippen LogP contribution in [-0.2, 0) is 15.4 Å². The van der Waals surface area contributed by atoms with E-state index in [1.165, 1.54) is 18.7 Å². The highest BCUT2D eigenvalue weighted by Gasteiger charge is 2.16. The van der Waals surface area contributed by atoms with Crippen LogP contribution in [-0.4, -0.2) is 42.2 Å². The van der Waals surface area contributed by atoms with Crippen molar-refractivity contribution in [2.75, 3.05) is 27.3 Å². The molecular formula is C11H19NO2Si. The van der Waals surface area contributed by atoms with Gasteiger partial charge in [0.2, 0.25) is 0 Å². The van der Waals surface area contributed by atoms with Crippen molar-refractivity contribution in [2.45, 2.75) is 6.54 Å². The molecule has 1 aromatic carbocycles. The molecule has 0 saturated carbocycles. The fourth-order valence-corrected chi connectivity index (χ4v) is 1.42. The van der Waals surface area contributed by atoms with Crippen molar-refractivity contribution in [1.82, 2.24) is 4.90 Å². The number of rotatable bonds is 4. The van der Waals surface area contributed by atoms with Crippen molar-refractivity contribution in [3.05, 3.63) is 35.9 Å². The molecule has 1 heterocycles. The van der Waals surface area contributed by atoms with E-state index < -0.39 is 10.0 Å². The summed E-state index contributed by atoms with van der Waals surface area (Å²) in [4.78, 5) is 2.41. The van der Waals surface area contributed by atoms with Gasteiger partial charge in [0.05, 0.1) is 0 Å². The summed E-state index contributed by atoms with van der Waals surface area (Å²) in [5.41, 5.74) is 1.43. The van der Waals surface area contributed by atoms with Crippen molar-refractivity contribution >= 4 is 10.0 Å². The van der Waals surface area contributed by atoms with Crippen molar-refractivity contribution in [3.63, 3.8) is 0 Å². The van der Waals surface area contributed by atoms with E-state index in [2.05, 4.69) is 44.1 Å². The Balaban J connectivity index is 0.000000195. The van der Waals surface area contributed by atoms with E-state index >= 15 is 0 Å². The second kappa shape index (κ2) is 7.59. The van der Waals surface area contributed by atoms with Crippen LogP contribution in [0.25, 0.3) is 0 Å². The second-order valence-electron chi connectivity index (χ2n) is 3.46. The molecule has 0 bridgehead atoms. The third kappa shape index (κ3) is 6.41. The molecule has 0 radical (unpaired) electrons. The third-order valence-corrected chi connectivity index (χ3v) is 2.50. The molecule has 1 aromatic rings. The lowest BCUT2D eigenvalue weighted by atomic mass is 10.2. The second-order valence-corrected chi connectivity index (χ2v) is 4.85. The van der Waals surface area contributed by atoms with Gasteiger partial charge in [0.15, 0.2) is 0 Å². The van der Waals surface area contributed by atoms with Gasteiger partial charge in [-0.2, -0.15) is 0 Å². The highest BCUT2D eigenvalue weighted by molar-refractivity contribution is 6.17. The third-order valence-electron chi connectivity index (χ3n) is 2.02. The predicted molar refractivity (Wildman–Crippen MR) is 64.3 cm³/mol. The average Bonchev–Trinajstić information content (AvgIpc) is 3.05. The molecule has 0 aromatic heterocycles. The fourth-order valence-electron chi connectivity index (χ4n) is 1.19. The smallest absolute Gasteiger partial charge is 0.303 e. The maximum Gasteiger partial charge on any atom is 0.303 e. The zero-order chi connectivity index (χ0) is 10.9. The van der Waals surface area contributed by atoms with Crippen LogP contribution in [0.5, 0.6) is 0 Å². The first-order chi connectivity index (χ1) is 7.36. The van der Waals surface area contributed by atoms with E-state index in [-0.39, 0.29) is 0 Å². The maximum atomic E-state index is 4.61. The van der Waals surface area contributed by atoms with Crippen LogP contribution in [0.3, 0.4) is 0 Å². The SMILES string of the molecule is CO[SiH2]OC.c1ccc(CN2CC2)cc1. The first kappa shape index (κ1) is 12.4. The lowest BCUT2D eigenvalue weighted by molar-refractivity contribution is 0.309. The summed E-state index contributed by atoms with van der Waals surface area (Å²) in [7, 11) is 2.73. The van der Waals surface area contributed by atoms with Crippen molar-refractivity contribution < 1.29 is 8.85 Å². The van der Waals surface area contributed by atoms with Crippen LogP contribution in [0.2, 0.25) is 0 Å². The highest BCUT2D eigenvalue weighted by atomic mass is 28.3. The highest BCUT2D eigenvalue weighted by Crippen LogP contribution is 2.10. The van der Waals surface area contributed by atoms with Crippen LogP contribution in [0.15, 0.2) is 30.3 Å². The molecule has 0 amide bonds. The minimum absolute atomic E-state index is 0.568. The van der Waals surface area contributed by atoms with Gasteiger partial charge in [0, 0.05) is 33.9 Å². The summed E-state index contributed by atoms with van der Waals surface area (Å²) >= 11 is 0. The van der Waals surface area contributed by atoms with E-state index in [0.29, 0.717) is 0 Å². The number of hydrogen-bond donors (Lipinski definition) is 0. The van der Waals surface area contributed by atoms with E-state index in [4.69, 9.17) is 0 Å². The standard InChI is InChI=1S/C9H11N.C2H8O2Si/c1-2-4-9(5-3-1)8-10-6-7-10;1-3-5-4-2/h1-5H,6-8H2;5H2,1-2H3. The van der Waals surface area contributed by atoms with Gasteiger partial charge < -0.3 is 8.85 Å². The first-order valence-corrected chi connectivity index (χ1v) is 6.26. The molecule has 3 nitrogen and oxygen atoms in total. The molecule has 1 saturated heterocycles. The van der Waals surface area contributed by atoms with Gasteiger partial charge in [0.1, 0.15) is 0 Å². The summed E-state index contributed by atoms with van der Waals surface area (Å²) in [6.45, 7) is 3.71. The molecule has 84 valence electrons. The monoisotopic (exact) mass is 225 g/mol. The van der Waals surface area contributed by atoms with Crippen LogP contribution >= 0.6 is 0 Å². The molecule has 0 aliphatic carbocycles. The lowest BCUT2D eigenvalue weighted by Gasteiger charge is -1.98. The predicted octanol–water partition coefficient (Wildman–Crippen LogP) is 0.780. The average molecular weight is 225 g/mol. The fraction of sp³-hybridized carbons (Fsp3) is 0.455. The molecule has 4 heteroatoms. The molecule has 2 rings (SSSR count). The summed E-state index contributed by atoms with van der Waals surface area (Å²) in [5, 5.41) is 0. The van der Waals surface area contributed by atoms with E-state index in [9.17, 15) is 0 Å². The number of hydrogen-bond acceptors (Lipinski definition) is 3. The van der Waals surface area contributed by atoms with Gasteiger partial charge in [-0.05, 0) is 5.56 Å². The first-order valence-electron chi connectivity index (χ1n) is 5.11. The Hall–Kier alpha value is -0.683. The summed E-state index contributed by atoms with van der Waals surface area (Å²) in [5.74, 6) is 0. The van der Waals surface area contributed by atoms with Crippen molar-refractivity contribution in [1.29, 1.82) is 0 Å².